The van der Waals surface area contributed by atoms with E-state index >= 15 is 0 Å². The van der Waals surface area contributed by atoms with Crippen LogP contribution in [0.15, 0.2) is 24.3 Å². The zero-order chi connectivity index (χ0) is 7.98. The SMILES string of the molecule is Cc1ccc(C)cc1.[O]=[Ce]. The Balaban J connectivity index is 0.000000371. The van der Waals surface area contributed by atoms with Crippen LogP contribution < -0.4 is 0 Å². The maximum absolute atomic E-state index is 8.39. The molecule has 0 spiro atoms. The third-order valence-corrected chi connectivity index (χ3v) is 1.22. The van der Waals surface area contributed by atoms with E-state index in [-0.39, 0.29) is 39.8 Å². The van der Waals surface area contributed by atoms with Crippen molar-refractivity contribution >= 4 is 0 Å². The Labute approximate surface area is 89.0 Å². The minimum absolute atomic E-state index is 0.0556. The molecule has 0 radical (unpaired) electrons. The normalized spacial score (nSPS) is 7.70. The molecule has 0 heterocycles. The van der Waals surface area contributed by atoms with Crippen molar-refractivity contribution in [2.75, 3.05) is 0 Å². The molecule has 0 fully saturated rings. The van der Waals surface area contributed by atoms with E-state index in [9.17, 15) is 0 Å². The van der Waals surface area contributed by atoms with Gasteiger partial charge in [-0.2, -0.15) is 0 Å². The van der Waals surface area contributed by atoms with Crippen molar-refractivity contribution in [2.45, 2.75) is 13.8 Å². The van der Waals surface area contributed by atoms with Crippen LogP contribution in [-0.4, -0.2) is 0 Å². The van der Waals surface area contributed by atoms with Crippen molar-refractivity contribution in [3.8, 4) is 0 Å². The van der Waals surface area contributed by atoms with Crippen molar-refractivity contribution in [2.24, 2.45) is 0 Å². The van der Waals surface area contributed by atoms with E-state index in [2.05, 4.69) is 38.1 Å². The number of benzene rings is 1. The average Bonchev–Trinajstić information content (AvgIpc) is 2.00. The van der Waals surface area contributed by atoms with E-state index in [4.69, 9.17) is 0.938 Å². The predicted molar refractivity (Wildman–Crippen MR) is 36.6 cm³/mol. The van der Waals surface area contributed by atoms with Crippen LogP contribution in [0.4, 0.5) is 0 Å². The average molecular weight is 262 g/mol. The molecule has 1 aromatic rings. The second-order valence-electron chi connectivity index (χ2n) is 2.15. The Hall–Kier alpha value is 0.397. The molecule has 0 aliphatic rings. The molecule has 1 nitrogen and oxygen atoms in total. The van der Waals surface area contributed by atoms with Gasteiger partial charge in [-0.3, -0.25) is 0 Å². The number of hydrogen-bond donors (Lipinski definition) is 0. The molecule has 0 aliphatic heterocycles. The van der Waals surface area contributed by atoms with Gasteiger partial charge in [0.2, 0.25) is 0 Å². The Kier molecular flexibility index (Phi) is 6.37. The van der Waals surface area contributed by atoms with Gasteiger partial charge < -0.3 is 0 Å². The van der Waals surface area contributed by atoms with Crippen LogP contribution in [-0.2, 0) is 0.938 Å². The Bertz CT molecular complexity index is 160. The molecule has 0 N–H and O–H groups in total. The topological polar surface area (TPSA) is 17.1 Å². The molecule has 0 unspecified atom stereocenters. The van der Waals surface area contributed by atoms with Crippen LogP contribution in [0.2, 0.25) is 0 Å². The van der Waals surface area contributed by atoms with Crippen molar-refractivity contribution in [3.05, 3.63) is 35.4 Å². The molecule has 1 aromatic carbocycles. The third-order valence-electron chi connectivity index (χ3n) is 1.22. The molecule has 0 aliphatic carbocycles. The van der Waals surface area contributed by atoms with Gasteiger partial charge in [-0.15, -0.1) is 0 Å². The van der Waals surface area contributed by atoms with Gasteiger partial charge in [0.1, 0.15) is 0 Å². The van der Waals surface area contributed by atoms with Crippen LogP contribution in [0, 0.1) is 53.6 Å². The summed E-state index contributed by atoms with van der Waals surface area (Å²) in [5.41, 5.74) is 2.66. The number of aryl methyl sites for hydroxylation is 2. The van der Waals surface area contributed by atoms with E-state index in [1.807, 2.05) is 0 Å². The molecule has 0 amide bonds. The van der Waals surface area contributed by atoms with Gasteiger partial charge in [0.15, 0.2) is 0 Å². The molecular formula is C8H10CeO. The number of hydrogen-bond acceptors (Lipinski definition) is 1. The Morgan fingerprint density at radius 3 is 1.30 bits per heavy atom. The molecule has 10 heavy (non-hydrogen) atoms. The third kappa shape index (κ3) is 4.25. The van der Waals surface area contributed by atoms with Crippen LogP contribution in [0.1, 0.15) is 11.1 Å². The second-order valence-corrected chi connectivity index (χ2v) is 2.15. The van der Waals surface area contributed by atoms with Crippen LogP contribution >= 0.6 is 0 Å². The molecule has 0 bridgehead atoms. The van der Waals surface area contributed by atoms with Gasteiger partial charge >= 0.3 is 40.7 Å². The van der Waals surface area contributed by atoms with Gasteiger partial charge in [-0.25, -0.2) is 0 Å². The first-order valence-corrected chi connectivity index (χ1v) is 4.31. The van der Waals surface area contributed by atoms with Crippen LogP contribution in [0.5, 0.6) is 0 Å². The van der Waals surface area contributed by atoms with Gasteiger partial charge in [0.05, 0.1) is 0 Å². The fraction of sp³-hybridized carbons (Fsp3) is 0.250. The predicted octanol–water partition coefficient (Wildman–Crippen LogP) is 2.18. The molecule has 52 valence electrons. The molecule has 2 heteroatoms. The summed E-state index contributed by atoms with van der Waals surface area (Å²) in [7, 11) is 0. The monoisotopic (exact) mass is 262 g/mol. The van der Waals surface area contributed by atoms with E-state index in [1.54, 1.807) is 0 Å². The van der Waals surface area contributed by atoms with Crippen LogP contribution in [0.25, 0.3) is 0 Å². The Morgan fingerprint density at radius 2 is 1.10 bits per heavy atom. The van der Waals surface area contributed by atoms with Gasteiger partial charge in [-0.1, -0.05) is 35.4 Å². The summed E-state index contributed by atoms with van der Waals surface area (Å²) in [6.07, 6.45) is 0. The van der Waals surface area contributed by atoms with Crippen molar-refractivity contribution < 1.29 is 40.7 Å². The van der Waals surface area contributed by atoms with E-state index in [1.165, 1.54) is 11.1 Å². The van der Waals surface area contributed by atoms with Crippen molar-refractivity contribution in [1.82, 2.24) is 0 Å². The van der Waals surface area contributed by atoms with E-state index in [0.29, 0.717) is 0 Å². The fourth-order valence-corrected chi connectivity index (χ4v) is 0.637. The summed E-state index contributed by atoms with van der Waals surface area (Å²) in [5.74, 6) is 0. The first-order valence-electron chi connectivity index (χ1n) is 3.03. The fourth-order valence-electron chi connectivity index (χ4n) is 0.637. The quantitative estimate of drug-likeness (QED) is 0.700. The zero-order valence-corrected chi connectivity index (χ0v) is 9.36. The molecule has 0 saturated carbocycles. The van der Waals surface area contributed by atoms with Crippen molar-refractivity contribution in [3.63, 3.8) is 0 Å². The summed E-state index contributed by atoms with van der Waals surface area (Å²) in [6, 6.07) is 8.48. The maximum atomic E-state index is 8.39. The van der Waals surface area contributed by atoms with E-state index < -0.39 is 0 Å². The van der Waals surface area contributed by atoms with Crippen LogP contribution in [0.3, 0.4) is 0 Å². The summed E-state index contributed by atoms with van der Waals surface area (Å²) in [6.45, 7) is 4.19. The summed E-state index contributed by atoms with van der Waals surface area (Å²) in [5, 5.41) is 0. The van der Waals surface area contributed by atoms with E-state index in [0.717, 1.165) is 0 Å². The summed E-state index contributed by atoms with van der Waals surface area (Å²) >= 11 is 0.0556. The molecule has 0 saturated heterocycles. The number of rotatable bonds is 0. The minimum atomic E-state index is 0.0556. The molecule has 0 aromatic heterocycles. The Morgan fingerprint density at radius 1 is 0.900 bits per heavy atom. The molecule has 0 atom stereocenters. The summed E-state index contributed by atoms with van der Waals surface area (Å²) < 4.78 is 8.39. The molecule has 1 rings (SSSR count). The van der Waals surface area contributed by atoms with Crippen molar-refractivity contribution in [1.29, 1.82) is 0 Å². The zero-order valence-electron chi connectivity index (χ0n) is 6.22. The van der Waals surface area contributed by atoms with Gasteiger partial charge in [0, 0.05) is 0 Å². The van der Waals surface area contributed by atoms with Gasteiger partial charge in [0.25, 0.3) is 0 Å². The summed E-state index contributed by atoms with van der Waals surface area (Å²) in [4.78, 5) is 0. The second kappa shape index (κ2) is 6.13. The first kappa shape index (κ1) is 10.4. The first-order chi connectivity index (χ1) is 4.79. The standard InChI is InChI=1S/C8H10.Ce.O/c1-7-3-5-8(2)6-4-7;;/h3-6H,1-2H3;;. The molecular weight excluding hydrogens is 252 g/mol. The van der Waals surface area contributed by atoms with Gasteiger partial charge in [-0.05, 0) is 13.8 Å².